The predicted octanol–water partition coefficient (Wildman–Crippen LogP) is 2.03. The lowest BCUT2D eigenvalue weighted by atomic mass is 10.1. The van der Waals surface area contributed by atoms with Crippen molar-refractivity contribution < 1.29 is 23.8 Å². The zero-order valence-electron chi connectivity index (χ0n) is 11.7. The molecule has 0 fully saturated rings. The van der Waals surface area contributed by atoms with Gasteiger partial charge in [0.25, 0.3) is 0 Å². The second-order valence-corrected chi connectivity index (χ2v) is 4.07. The monoisotopic (exact) mass is 277 g/mol. The van der Waals surface area contributed by atoms with Crippen LogP contribution in [0.25, 0.3) is 6.08 Å². The number of rotatable bonds is 4. The Morgan fingerprint density at radius 1 is 1.10 bits per heavy atom. The zero-order valence-corrected chi connectivity index (χ0v) is 11.7. The Bertz CT molecular complexity index is 579. The average Bonchev–Trinajstić information content (AvgIpc) is 2.77. The van der Waals surface area contributed by atoms with Gasteiger partial charge in [0, 0.05) is 0 Å². The van der Waals surface area contributed by atoms with Crippen LogP contribution in [0.3, 0.4) is 0 Å². The Labute approximate surface area is 116 Å². The van der Waals surface area contributed by atoms with Gasteiger partial charge < -0.3 is 19.0 Å². The van der Waals surface area contributed by atoms with E-state index in [9.17, 15) is 4.79 Å². The minimum absolute atomic E-state index is 0.402. The molecule has 106 valence electrons. The quantitative estimate of drug-likeness (QED) is 0.622. The fourth-order valence-corrected chi connectivity index (χ4v) is 1.87. The highest BCUT2D eigenvalue weighted by Gasteiger charge is 2.22. The van der Waals surface area contributed by atoms with Crippen molar-refractivity contribution in [2.45, 2.75) is 6.92 Å². The minimum Gasteiger partial charge on any atom is -0.493 e. The van der Waals surface area contributed by atoms with Crippen molar-refractivity contribution in [3.05, 3.63) is 23.3 Å². The van der Waals surface area contributed by atoms with E-state index in [0.717, 1.165) is 5.56 Å². The molecule has 0 atom stereocenters. The van der Waals surface area contributed by atoms with Crippen molar-refractivity contribution in [2.75, 3.05) is 21.3 Å². The fourth-order valence-electron chi connectivity index (χ4n) is 1.87. The van der Waals surface area contributed by atoms with E-state index in [1.54, 1.807) is 25.1 Å². The fraction of sp³-hybridized carbons (Fsp3) is 0.286. The minimum atomic E-state index is -0.476. The van der Waals surface area contributed by atoms with Gasteiger partial charge in [-0.25, -0.2) is 4.79 Å². The van der Waals surface area contributed by atoms with Crippen LogP contribution in [0.5, 0.6) is 17.2 Å². The van der Waals surface area contributed by atoms with Crippen molar-refractivity contribution >= 4 is 17.8 Å². The van der Waals surface area contributed by atoms with Gasteiger partial charge in [-0.3, -0.25) is 0 Å². The summed E-state index contributed by atoms with van der Waals surface area (Å²) in [5.41, 5.74) is 1.66. The second-order valence-electron chi connectivity index (χ2n) is 4.07. The molecule has 0 aromatic heterocycles. The third-order valence-corrected chi connectivity index (χ3v) is 2.87. The Hall–Kier alpha value is -2.50. The molecule has 0 N–H and O–H groups in total. The lowest BCUT2D eigenvalue weighted by molar-refractivity contribution is -0.136. The number of carbonyl (C=O) groups is 1. The first-order chi connectivity index (χ1) is 9.60. The highest BCUT2D eigenvalue weighted by atomic mass is 16.7. The number of hydrogen-bond acceptors (Lipinski definition) is 6. The summed E-state index contributed by atoms with van der Waals surface area (Å²) >= 11 is 0. The van der Waals surface area contributed by atoms with Crippen molar-refractivity contribution in [3.63, 3.8) is 0 Å². The standard InChI is InChI=1S/C14H15NO5/c1-8-10(14(16)20-15-8)5-9-6-11(17-2)13(19-4)12(7-9)18-3/h5-7H,1-4H3. The SMILES string of the molecule is COc1cc(C=C2C(=O)ON=C2C)cc(OC)c1OC. The highest BCUT2D eigenvalue weighted by Crippen LogP contribution is 2.38. The van der Waals surface area contributed by atoms with Gasteiger partial charge in [0.2, 0.25) is 5.75 Å². The van der Waals surface area contributed by atoms with E-state index >= 15 is 0 Å². The van der Waals surface area contributed by atoms with Crippen LogP contribution in [0.2, 0.25) is 0 Å². The van der Waals surface area contributed by atoms with Gasteiger partial charge in [-0.2, -0.15) is 0 Å². The van der Waals surface area contributed by atoms with Crippen molar-refractivity contribution in [2.24, 2.45) is 5.16 Å². The van der Waals surface area contributed by atoms with Gasteiger partial charge in [0.15, 0.2) is 11.5 Å². The Kier molecular flexibility index (Phi) is 3.93. The Balaban J connectivity index is 2.51. The van der Waals surface area contributed by atoms with Gasteiger partial charge >= 0.3 is 5.97 Å². The summed E-state index contributed by atoms with van der Waals surface area (Å²) < 4.78 is 15.8. The van der Waals surface area contributed by atoms with Crippen molar-refractivity contribution in [3.8, 4) is 17.2 Å². The van der Waals surface area contributed by atoms with Crippen molar-refractivity contribution in [1.29, 1.82) is 0 Å². The summed E-state index contributed by atoms with van der Waals surface area (Å²) in [7, 11) is 4.60. The highest BCUT2D eigenvalue weighted by molar-refractivity contribution is 6.24. The molecule has 0 spiro atoms. The molecule has 0 saturated carbocycles. The number of ether oxygens (including phenoxy) is 3. The summed E-state index contributed by atoms with van der Waals surface area (Å²) in [6.07, 6.45) is 1.67. The molecule has 1 aromatic rings. The van der Waals surface area contributed by atoms with E-state index in [1.807, 2.05) is 0 Å². The number of oxime groups is 1. The first-order valence-corrected chi connectivity index (χ1v) is 5.88. The van der Waals surface area contributed by atoms with Crippen LogP contribution in [0.1, 0.15) is 12.5 Å². The number of benzene rings is 1. The largest absolute Gasteiger partial charge is 0.493 e. The molecule has 20 heavy (non-hydrogen) atoms. The van der Waals surface area contributed by atoms with Crippen LogP contribution in [-0.4, -0.2) is 33.0 Å². The summed E-state index contributed by atoms with van der Waals surface area (Å²) in [6.45, 7) is 1.70. The molecule has 0 unspecified atom stereocenters. The molecule has 0 amide bonds. The van der Waals surface area contributed by atoms with Gasteiger partial charge in [-0.15, -0.1) is 0 Å². The molecule has 0 bridgehead atoms. The van der Waals surface area contributed by atoms with Gasteiger partial charge in [0.1, 0.15) is 0 Å². The Morgan fingerprint density at radius 3 is 2.10 bits per heavy atom. The van der Waals surface area contributed by atoms with Gasteiger partial charge in [-0.1, -0.05) is 5.16 Å². The lowest BCUT2D eigenvalue weighted by Gasteiger charge is -2.13. The molecular formula is C14H15NO5. The van der Waals surface area contributed by atoms with Gasteiger partial charge in [0.05, 0.1) is 32.6 Å². The number of hydrogen-bond donors (Lipinski definition) is 0. The predicted molar refractivity (Wildman–Crippen MR) is 73.3 cm³/mol. The third-order valence-electron chi connectivity index (χ3n) is 2.87. The number of methoxy groups -OCH3 is 3. The topological polar surface area (TPSA) is 66.4 Å². The van der Waals surface area contributed by atoms with Crippen LogP contribution < -0.4 is 14.2 Å². The number of carbonyl (C=O) groups excluding carboxylic acids is 1. The molecule has 6 heteroatoms. The summed E-state index contributed by atoms with van der Waals surface area (Å²) in [4.78, 5) is 16.1. The molecule has 0 saturated heterocycles. The molecule has 1 aliphatic rings. The van der Waals surface area contributed by atoms with Crippen LogP contribution >= 0.6 is 0 Å². The van der Waals surface area contributed by atoms with E-state index in [-0.39, 0.29) is 0 Å². The maximum absolute atomic E-state index is 11.5. The molecule has 1 aromatic carbocycles. The lowest BCUT2D eigenvalue weighted by Crippen LogP contribution is -2.02. The van der Waals surface area contributed by atoms with Gasteiger partial charge in [-0.05, 0) is 30.7 Å². The van der Waals surface area contributed by atoms with E-state index in [1.165, 1.54) is 21.3 Å². The third kappa shape index (κ3) is 2.45. The van der Waals surface area contributed by atoms with E-state index < -0.39 is 5.97 Å². The summed E-state index contributed by atoms with van der Waals surface area (Å²) in [5.74, 6) is 1.05. The molecule has 0 radical (unpaired) electrons. The van der Waals surface area contributed by atoms with Crippen LogP contribution in [0.15, 0.2) is 22.9 Å². The zero-order chi connectivity index (χ0) is 14.7. The molecule has 1 heterocycles. The summed E-state index contributed by atoms with van der Waals surface area (Å²) in [6, 6.07) is 3.49. The molecule has 6 nitrogen and oxygen atoms in total. The average molecular weight is 277 g/mol. The Morgan fingerprint density at radius 2 is 1.70 bits per heavy atom. The second kappa shape index (κ2) is 5.64. The van der Waals surface area contributed by atoms with E-state index in [4.69, 9.17) is 14.2 Å². The first-order valence-electron chi connectivity index (χ1n) is 5.88. The first kappa shape index (κ1) is 13.9. The number of nitrogens with zero attached hydrogens (tertiary/aromatic N) is 1. The van der Waals surface area contributed by atoms with Crippen molar-refractivity contribution in [1.82, 2.24) is 0 Å². The van der Waals surface area contributed by atoms with Crippen LogP contribution in [0.4, 0.5) is 0 Å². The normalized spacial score (nSPS) is 15.9. The smallest absolute Gasteiger partial charge is 0.367 e. The maximum atomic E-state index is 11.5. The molecule has 2 rings (SSSR count). The van der Waals surface area contributed by atoms with Crippen LogP contribution in [-0.2, 0) is 9.63 Å². The van der Waals surface area contributed by atoms with Crippen LogP contribution in [0, 0.1) is 0 Å². The molecular weight excluding hydrogens is 262 g/mol. The summed E-state index contributed by atoms with van der Waals surface area (Å²) in [5, 5.41) is 3.63. The maximum Gasteiger partial charge on any atom is 0.367 e. The molecule has 1 aliphatic heterocycles. The van der Waals surface area contributed by atoms with E-state index in [2.05, 4.69) is 9.99 Å². The van der Waals surface area contributed by atoms with E-state index in [0.29, 0.717) is 28.5 Å². The molecule has 0 aliphatic carbocycles.